The predicted molar refractivity (Wildman–Crippen MR) is 73.1 cm³/mol. The molecule has 0 spiro atoms. The van der Waals surface area contributed by atoms with Crippen molar-refractivity contribution in [3.8, 4) is 0 Å². The van der Waals surface area contributed by atoms with Crippen LogP contribution in [0.25, 0.3) is 0 Å². The minimum Gasteiger partial charge on any atom is -0.361 e. The number of aromatic nitrogens is 1. The zero-order valence-corrected chi connectivity index (χ0v) is 11.6. The van der Waals surface area contributed by atoms with Crippen LogP contribution in [0.2, 0.25) is 5.02 Å². The molecule has 2 rings (SSSR count). The Morgan fingerprint density at radius 1 is 1.42 bits per heavy atom. The third-order valence-corrected chi connectivity index (χ3v) is 3.20. The van der Waals surface area contributed by atoms with Gasteiger partial charge in [-0.05, 0) is 25.5 Å². The van der Waals surface area contributed by atoms with Gasteiger partial charge in [0.2, 0.25) is 0 Å². The Kier molecular flexibility index (Phi) is 4.22. The van der Waals surface area contributed by atoms with E-state index < -0.39 is 0 Å². The number of hydrogen-bond acceptors (Lipinski definition) is 3. The van der Waals surface area contributed by atoms with Gasteiger partial charge in [-0.25, -0.2) is 0 Å². The molecule has 0 atom stereocenters. The van der Waals surface area contributed by atoms with Crippen LogP contribution in [-0.4, -0.2) is 22.5 Å². The fourth-order valence-corrected chi connectivity index (χ4v) is 1.98. The van der Waals surface area contributed by atoms with E-state index in [1.54, 1.807) is 17.9 Å². The van der Waals surface area contributed by atoms with Crippen molar-refractivity contribution in [3.05, 3.63) is 52.4 Å². The summed E-state index contributed by atoms with van der Waals surface area (Å²) in [5.74, 6) is 0.469. The molecule has 2 aromatic rings. The molecule has 1 amide bonds. The van der Waals surface area contributed by atoms with Crippen LogP contribution in [0.5, 0.6) is 0 Å². The zero-order valence-electron chi connectivity index (χ0n) is 10.9. The van der Waals surface area contributed by atoms with Crippen LogP contribution < -0.4 is 0 Å². The Morgan fingerprint density at radius 2 is 2.16 bits per heavy atom. The second kappa shape index (κ2) is 5.89. The van der Waals surface area contributed by atoms with E-state index in [4.69, 9.17) is 16.1 Å². The van der Waals surface area contributed by atoms with E-state index in [9.17, 15) is 4.79 Å². The van der Waals surface area contributed by atoms with Gasteiger partial charge in [-0.2, -0.15) is 0 Å². The van der Waals surface area contributed by atoms with E-state index in [-0.39, 0.29) is 5.91 Å². The standard InChI is InChI=1S/C14H15ClN2O2/c1-3-17(9-11-6-4-5-7-12(11)15)14(18)13-8-10(2)19-16-13/h4-8H,3,9H2,1-2H3. The maximum Gasteiger partial charge on any atom is 0.276 e. The lowest BCUT2D eigenvalue weighted by molar-refractivity contribution is 0.0742. The molecule has 0 aliphatic rings. The Hall–Kier alpha value is -1.81. The van der Waals surface area contributed by atoms with Crippen LogP contribution >= 0.6 is 11.6 Å². The van der Waals surface area contributed by atoms with Gasteiger partial charge in [0.1, 0.15) is 5.76 Å². The van der Waals surface area contributed by atoms with E-state index in [1.807, 2.05) is 31.2 Å². The van der Waals surface area contributed by atoms with Crippen LogP contribution in [0, 0.1) is 6.92 Å². The zero-order chi connectivity index (χ0) is 13.8. The number of rotatable bonds is 4. The molecule has 0 aliphatic heterocycles. The van der Waals surface area contributed by atoms with E-state index in [1.165, 1.54) is 0 Å². The highest BCUT2D eigenvalue weighted by atomic mass is 35.5. The Labute approximate surface area is 117 Å². The van der Waals surface area contributed by atoms with Crippen molar-refractivity contribution < 1.29 is 9.32 Å². The predicted octanol–water partition coefficient (Wildman–Crippen LogP) is 3.30. The normalized spacial score (nSPS) is 10.5. The van der Waals surface area contributed by atoms with Crippen molar-refractivity contribution in [2.24, 2.45) is 0 Å². The summed E-state index contributed by atoms with van der Waals surface area (Å²) in [4.78, 5) is 13.9. The molecule has 0 fully saturated rings. The van der Waals surface area contributed by atoms with E-state index in [0.29, 0.717) is 29.6 Å². The Bertz CT molecular complexity index is 580. The summed E-state index contributed by atoms with van der Waals surface area (Å²) in [6.45, 7) is 4.71. The summed E-state index contributed by atoms with van der Waals surface area (Å²) in [6.07, 6.45) is 0. The van der Waals surface area contributed by atoms with E-state index >= 15 is 0 Å². The topological polar surface area (TPSA) is 46.3 Å². The lowest BCUT2D eigenvalue weighted by atomic mass is 10.2. The van der Waals surface area contributed by atoms with E-state index in [2.05, 4.69) is 5.16 Å². The number of halogens is 1. The third-order valence-electron chi connectivity index (χ3n) is 2.84. The molecule has 0 saturated carbocycles. The first-order valence-electron chi connectivity index (χ1n) is 6.07. The molecule has 0 radical (unpaired) electrons. The number of carbonyl (C=O) groups is 1. The maximum atomic E-state index is 12.3. The number of carbonyl (C=O) groups excluding carboxylic acids is 1. The number of hydrogen-bond donors (Lipinski definition) is 0. The largest absolute Gasteiger partial charge is 0.361 e. The molecule has 1 aromatic heterocycles. The van der Waals surface area contributed by atoms with Crippen LogP contribution in [0.4, 0.5) is 0 Å². The van der Waals surface area contributed by atoms with Crippen molar-refractivity contribution in [1.29, 1.82) is 0 Å². The Morgan fingerprint density at radius 3 is 2.74 bits per heavy atom. The summed E-state index contributed by atoms with van der Waals surface area (Å²) in [6, 6.07) is 9.13. The molecule has 5 heteroatoms. The number of nitrogens with zero attached hydrogens (tertiary/aromatic N) is 2. The van der Waals surface area contributed by atoms with Crippen molar-refractivity contribution in [2.45, 2.75) is 20.4 Å². The molecule has 1 heterocycles. The van der Waals surface area contributed by atoms with Crippen LogP contribution in [0.15, 0.2) is 34.9 Å². The van der Waals surface area contributed by atoms with Gasteiger partial charge in [-0.15, -0.1) is 0 Å². The van der Waals surface area contributed by atoms with Gasteiger partial charge in [0.05, 0.1) is 0 Å². The fraction of sp³-hybridized carbons (Fsp3) is 0.286. The lowest BCUT2D eigenvalue weighted by Crippen LogP contribution is -2.30. The summed E-state index contributed by atoms with van der Waals surface area (Å²) in [5, 5.41) is 4.41. The molecule has 0 saturated heterocycles. The summed E-state index contributed by atoms with van der Waals surface area (Å²) in [5.41, 5.74) is 1.24. The van der Waals surface area contributed by atoms with Gasteiger partial charge < -0.3 is 9.42 Å². The third kappa shape index (κ3) is 3.15. The SMILES string of the molecule is CCN(Cc1ccccc1Cl)C(=O)c1cc(C)on1. The highest BCUT2D eigenvalue weighted by molar-refractivity contribution is 6.31. The molecule has 1 aromatic carbocycles. The highest BCUT2D eigenvalue weighted by Gasteiger charge is 2.18. The molecular formula is C14H15ClN2O2. The number of benzene rings is 1. The molecular weight excluding hydrogens is 264 g/mol. The summed E-state index contributed by atoms with van der Waals surface area (Å²) >= 11 is 6.11. The van der Waals surface area contributed by atoms with Crippen molar-refractivity contribution in [2.75, 3.05) is 6.54 Å². The van der Waals surface area contributed by atoms with Crippen molar-refractivity contribution in [3.63, 3.8) is 0 Å². The maximum absolute atomic E-state index is 12.3. The highest BCUT2D eigenvalue weighted by Crippen LogP contribution is 2.18. The number of amides is 1. The first kappa shape index (κ1) is 13.6. The van der Waals surface area contributed by atoms with Crippen LogP contribution in [-0.2, 0) is 6.54 Å². The van der Waals surface area contributed by atoms with Crippen LogP contribution in [0.3, 0.4) is 0 Å². The second-order valence-electron chi connectivity index (χ2n) is 4.23. The fourth-order valence-electron chi connectivity index (χ4n) is 1.79. The van der Waals surface area contributed by atoms with Crippen molar-refractivity contribution >= 4 is 17.5 Å². The van der Waals surface area contributed by atoms with Gasteiger partial charge >= 0.3 is 0 Å². The monoisotopic (exact) mass is 278 g/mol. The van der Waals surface area contributed by atoms with Gasteiger partial charge in [-0.3, -0.25) is 4.79 Å². The molecule has 0 N–H and O–H groups in total. The minimum atomic E-state index is -0.153. The quantitative estimate of drug-likeness (QED) is 0.862. The molecule has 19 heavy (non-hydrogen) atoms. The molecule has 4 nitrogen and oxygen atoms in total. The second-order valence-corrected chi connectivity index (χ2v) is 4.64. The average molecular weight is 279 g/mol. The average Bonchev–Trinajstić information content (AvgIpc) is 2.84. The van der Waals surface area contributed by atoms with Crippen molar-refractivity contribution in [1.82, 2.24) is 10.1 Å². The number of aryl methyl sites for hydroxylation is 1. The van der Waals surface area contributed by atoms with Gasteiger partial charge in [-0.1, -0.05) is 35.0 Å². The van der Waals surface area contributed by atoms with Gasteiger partial charge in [0.15, 0.2) is 5.69 Å². The van der Waals surface area contributed by atoms with Gasteiger partial charge in [0, 0.05) is 24.2 Å². The van der Waals surface area contributed by atoms with E-state index in [0.717, 1.165) is 5.56 Å². The smallest absolute Gasteiger partial charge is 0.276 e. The summed E-state index contributed by atoms with van der Waals surface area (Å²) in [7, 11) is 0. The molecule has 0 unspecified atom stereocenters. The van der Waals surface area contributed by atoms with Gasteiger partial charge in [0.25, 0.3) is 5.91 Å². The minimum absolute atomic E-state index is 0.153. The lowest BCUT2D eigenvalue weighted by Gasteiger charge is -2.20. The van der Waals surface area contributed by atoms with Crippen LogP contribution in [0.1, 0.15) is 28.7 Å². The Balaban J connectivity index is 2.17. The first-order chi connectivity index (χ1) is 9.11. The molecule has 0 bridgehead atoms. The summed E-state index contributed by atoms with van der Waals surface area (Å²) < 4.78 is 4.93. The molecule has 0 aliphatic carbocycles. The molecule has 100 valence electrons. The first-order valence-corrected chi connectivity index (χ1v) is 6.45.